The van der Waals surface area contributed by atoms with Crippen LogP contribution in [-0.4, -0.2) is 39.7 Å². The topological polar surface area (TPSA) is 57.6 Å². The number of benzene rings is 1. The average Bonchev–Trinajstić information content (AvgIpc) is 2.82. The Hall–Kier alpha value is -1.49. The van der Waals surface area contributed by atoms with Gasteiger partial charge in [0.05, 0.1) is 0 Å². The predicted octanol–water partition coefficient (Wildman–Crippen LogP) is 1.99. The van der Waals surface area contributed by atoms with Crippen LogP contribution in [-0.2, 0) is 15.3 Å². The summed E-state index contributed by atoms with van der Waals surface area (Å²) in [6.45, 7) is 1.96. The third-order valence-corrected chi connectivity index (χ3v) is 4.59. The van der Waals surface area contributed by atoms with Gasteiger partial charge in [0, 0.05) is 24.5 Å². The SMILES string of the molecule is CC(=O)N1CC(SCc2ccccc2)C[C@H]1C(=O)O. The molecule has 19 heavy (non-hydrogen) atoms. The highest BCUT2D eigenvalue weighted by Gasteiger charge is 2.38. The van der Waals surface area contributed by atoms with Crippen molar-refractivity contribution in [3.05, 3.63) is 35.9 Å². The average molecular weight is 279 g/mol. The van der Waals surface area contributed by atoms with E-state index < -0.39 is 12.0 Å². The van der Waals surface area contributed by atoms with Crippen LogP contribution >= 0.6 is 11.8 Å². The number of carbonyl (C=O) groups excluding carboxylic acids is 1. The smallest absolute Gasteiger partial charge is 0.326 e. The summed E-state index contributed by atoms with van der Waals surface area (Å²) in [5.74, 6) is -0.211. The first-order valence-corrected chi connectivity index (χ1v) is 7.28. The van der Waals surface area contributed by atoms with Crippen molar-refractivity contribution in [3.63, 3.8) is 0 Å². The van der Waals surface area contributed by atoms with Crippen molar-refractivity contribution in [3.8, 4) is 0 Å². The summed E-state index contributed by atoms with van der Waals surface area (Å²) in [6.07, 6.45) is 0.534. The molecule has 0 spiro atoms. The van der Waals surface area contributed by atoms with Crippen LogP contribution in [0.1, 0.15) is 18.9 Å². The Morgan fingerprint density at radius 1 is 1.37 bits per heavy atom. The van der Waals surface area contributed by atoms with Crippen molar-refractivity contribution in [2.45, 2.75) is 30.4 Å². The number of carboxylic acids is 1. The van der Waals surface area contributed by atoms with E-state index in [-0.39, 0.29) is 11.2 Å². The standard InChI is InChI=1S/C14H17NO3S/c1-10(16)15-8-12(7-13(15)14(17)18)19-9-11-5-3-2-4-6-11/h2-6,12-13H,7-9H2,1H3,(H,17,18)/t12?,13-/m0/s1. The van der Waals surface area contributed by atoms with Crippen LogP contribution in [0.4, 0.5) is 0 Å². The largest absolute Gasteiger partial charge is 0.480 e. The van der Waals surface area contributed by atoms with Crippen LogP contribution in [0.15, 0.2) is 30.3 Å². The summed E-state index contributed by atoms with van der Waals surface area (Å²) in [7, 11) is 0. The lowest BCUT2D eigenvalue weighted by Crippen LogP contribution is -2.39. The Balaban J connectivity index is 1.93. The molecular formula is C14H17NO3S. The zero-order valence-electron chi connectivity index (χ0n) is 10.8. The van der Waals surface area contributed by atoms with Gasteiger partial charge in [-0.3, -0.25) is 4.79 Å². The first kappa shape index (κ1) is 13.9. The monoisotopic (exact) mass is 279 g/mol. The zero-order valence-corrected chi connectivity index (χ0v) is 11.6. The fourth-order valence-electron chi connectivity index (χ4n) is 2.29. The molecule has 0 aromatic heterocycles. The minimum Gasteiger partial charge on any atom is -0.480 e. The van der Waals surface area contributed by atoms with Gasteiger partial charge in [0.25, 0.3) is 0 Å². The minimum atomic E-state index is -0.905. The van der Waals surface area contributed by atoms with Gasteiger partial charge in [0.2, 0.25) is 5.91 Å². The van der Waals surface area contributed by atoms with Crippen molar-refractivity contribution < 1.29 is 14.7 Å². The summed E-state index contributed by atoms with van der Waals surface area (Å²) in [6, 6.07) is 9.41. The van der Waals surface area contributed by atoms with Crippen LogP contribution in [0.2, 0.25) is 0 Å². The number of hydrogen-bond donors (Lipinski definition) is 1. The molecule has 1 aliphatic rings. The zero-order chi connectivity index (χ0) is 13.8. The molecule has 1 saturated heterocycles. The molecule has 4 nitrogen and oxygen atoms in total. The number of carboxylic acid groups (broad SMARTS) is 1. The molecule has 1 aromatic rings. The highest BCUT2D eigenvalue weighted by atomic mass is 32.2. The van der Waals surface area contributed by atoms with Gasteiger partial charge in [-0.15, -0.1) is 0 Å². The maximum Gasteiger partial charge on any atom is 0.326 e. The number of hydrogen-bond acceptors (Lipinski definition) is 3. The summed E-state index contributed by atoms with van der Waals surface area (Å²) in [5.41, 5.74) is 1.22. The molecule has 2 rings (SSSR count). The number of thioether (sulfide) groups is 1. The Labute approximate surface area is 116 Å². The number of likely N-dealkylation sites (tertiary alicyclic amines) is 1. The molecule has 1 unspecified atom stereocenters. The van der Waals surface area contributed by atoms with E-state index in [1.165, 1.54) is 17.4 Å². The molecule has 2 atom stereocenters. The van der Waals surface area contributed by atoms with E-state index in [9.17, 15) is 9.59 Å². The highest BCUT2D eigenvalue weighted by Crippen LogP contribution is 2.30. The maximum absolute atomic E-state index is 11.4. The van der Waals surface area contributed by atoms with E-state index >= 15 is 0 Å². The summed E-state index contributed by atoms with van der Waals surface area (Å²) in [5, 5.41) is 9.33. The molecule has 0 radical (unpaired) electrons. The molecule has 0 aliphatic carbocycles. The van der Waals surface area contributed by atoms with Gasteiger partial charge in [-0.25, -0.2) is 4.79 Å². The van der Waals surface area contributed by atoms with E-state index in [2.05, 4.69) is 12.1 Å². The minimum absolute atomic E-state index is 0.157. The summed E-state index contributed by atoms with van der Waals surface area (Å²) >= 11 is 1.72. The van der Waals surface area contributed by atoms with Crippen LogP contribution in [0, 0.1) is 0 Å². The van der Waals surface area contributed by atoms with E-state index in [1.54, 1.807) is 11.8 Å². The van der Waals surface area contributed by atoms with E-state index in [0.29, 0.717) is 13.0 Å². The Morgan fingerprint density at radius 3 is 2.58 bits per heavy atom. The van der Waals surface area contributed by atoms with E-state index in [1.807, 2.05) is 18.2 Å². The molecule has 1 aliphatic heterocycles. The fourth-order valence-corrected chi connectivity index (χ4v) is 3.49. The molecule has 0 saturated carbocycles. The molecule has 1 fully saturated rings. The summed E-state index contributed by atoms with van der Waals surface area (Å²) in [4.78, 5) is 24.0. The van der Waals surface area contributed by atoms with Crippen LogP contribution in [0.5, 0.6) is 0 Å². The number of nitrogens with zero attached hydrogens (tertiary/aromatic N) is 1. The normalized spacial score (nSPS) is 22.5. The lowest BCUT2D eigenvalue weighted by atomic mass is 10.2. The third-order valence-electron chi connectivity index (χ3n) is 3.28. The van der Waals surface area contributed by atoms with E-state index in [0.717, 1.165) is 5.75 Å². The fraction of sp³-hybridized carbons (Fsp3) is 0.429. The molecule has 0 bridgehead atoms. The maximum atomic E-state index is 11.4. The van der Waals surface area contributed by atoms with Crippen molar-refractivity contribution in [1.29, 1.82) is 0 Å². The van der Waals surface area contributed by atoms with Crippen molar-refractivity contribution in [2.24, 2.45) is 0 Å². The van der Waals surface area contributed by atoms with Gasteiger partial charge >= 0.3 is 5.97 Å². The van der Waals surface area contributed by atoms with Crippen molar-refractivity contribution in [1.82, 2.24) is 4.90 Å². The van der Waals surface area contributed by atoms with Crippen molar-refractivity contribution >= 4 is 23.6 Å². The lowest BCUT2D eigenvalue weighted by Gasteiger charge is -2.18. The second-order valence-electron chi connectivity index (χ2n) is 4.68. The van der Waals surface area contributed by atoms with Gasteiger partial charge < -0.3 is 10.0 Å². The quantitative estimate of drug-likeness (QED) is 0.915. The molecule has 5 heteroatoms. The first-order chi connectivity index (χ1) is 9.08. The lowest BCUT2D eigenvalue weighted by molar-refractivity contribution is -0.147. The number of carbonyl (C=O) groups is 2. The molecule has 102 valence electrons. The molecule has 1 heterocycles. The van der Waals surface area contributed by atoms with Crippen molar-refractivity contribution in [2.75, 3.05) is 6.54 Å². The first-order valence-electron chi connectivity index (χ1n) is 6.23. The number of rotatable bonds is 4. The van der Waals surface area contributed by atoms with Gasteiger partial charge in [0.15, 0.2) is 0 Å². The number of aliphatic carboxylic acids is 1. The second-order valence-corrected chi connectivity index (χ2v) is 5.97. The third kappa shape index (κ3) is 3.50. The van der Waals surface area contributed by atoms with Gasteiger partial charge in [0.1, 0.15) is 6.04 Å². The molecule has 1 amide bonds. The Kier molecular flexibility index (Phi) is 4.47. The van der Waals surface area contributed by atoms with Gasteiger partial charge in [-0.2, -0.15) is 11.8 Å². The second kappa shape index (κ2) is 6.10. The molecule has 1 N–H and O–H groups in total. The van der Waals surface area contributed by atoms with E-state index in [4.69, 9.17) is 5.11 Å². The van der Waals surface area contributed by atoms with Gasteiger partial charge in [-0.1, -0.05) is 30.3 Å². The van der Waals surface area contributed by atoms with Crippen LogP contribution in [0.25, 0.3) is 0 Å². The van der Waals surface area contributed by atoms with Gasteiger partial charge in [-0.05, 0) is 12.0 Å². The molecule has 1 aromatic carbocycles. The summed E-state index contributed by atoms with van der Waals surface area (Å²) < 4.78 is 0. The van der Waals surface area contributed by atoms with Crippen LogP contribution < -0.4 is 0 Å². The Morgan fingerprint density at radius 2 is 2.05 bits per heavy atom. The molecular weight excluding hydrogens is 262 g/mol. The van der Waals surface area contributed by atoms with Crippen LogP contribution in [0.3, 0.4) is 0 Å². The predicted molar refractivity (Wildman–Crippen MR) is 75.0 cm³/mol. The Bertz CT molecular complexity index is 441. The highest BCUT2D eigenvalue weighted by molar-refractivity contribution is 7.99. The number of amides is 1.